The summed E-state index contributed by atoms with van der Waals surface area (Å²) in [6.45, 7) is 7.34. The number of hydrogen-bond donors (Lipinski definition) is 1. The molecule has 2 rings (SSSR count). The van der Waals surface area contributed by atoms with E-state index in [0.29, 0.717) is 24.5 Å². The summed E-state index contributed by atoms with van der Waals surface area (Å²) in [5.41, 5.74) is 7.25. The summed E-state index contributed by atoms with van der Waals surface area (Å²) in [5, 5.41) is 0. The zero-order valence-electron chi connectivity index (χ0n) is 13.2. The first-order valence-corrected chi connectivity index (χ1v) is 8.73. The van der Waals surface area contributed by atoms with Crippen LogP contribution in [0, 0.1) is 6.92 Å². The Hall–Kier alpha value is -0.950. The van der Waals surface area contributed by atoms with Crippen LogP contribution < -0.4 is 5.73 Å². The zero-order valence-corrected chi connectivity index (χ0v) is 14.0. The third-order valence-electron chi connectivity index (χ3n) is 4.43. The molecule has 2 N–H and O–H groups in total. The third kappa shape index (κ3) is 3.13. The quantitative estimate of drug-likeness (QED) is 0.910. The number of piperazine rings is 1. The maximum Gasteiger partial charge on any atom is 0.243 e. The number of nitrogens with zero attached hydrogens (tertiary/aromatic N) is 2. The maximum atomic E-state index is 12.9. The minimum absolute atomic E-state index is 0.210. The van der Waals surface area contributed by atoms with Gasteiger partial charge in [0.2, 0.25) is 10.0 Å². The van der Waals surface area contributed by atoms with E-state index < -0.39 is 10.0 Å². The van der Waals surface area contributed by atoms with Crippen molar-refractivity contribution in [2.45, 2.75) is 44.3 Å². The molecule has 1 fully saturated rings. The van der Waals surface area contributed by atoms with Gasteiger partial charge in [0.25, 0.3) is 0 Å². The SMILES string of the molecule is Cc1ccc(CN)cc1S(=O)(=O)N1CC(C)N(C)C(C)C1. The molecule has 6 heteroatoms. The third-order valence-corrected chi connectivity index (χ3v) is 6.41. The second kappa shape index (κ2) is 6.04. The Morgan fingerprint density at radius 3 is 2.33 bits per heavy atom. The van der Waals surface area contributed by atoms with E-state index in [1.807, 2.05) is 26.1 Å². The predicted octanol–water partition coefficient (Wildman–Crippen LogP) is 1.17. The van der Waals surface area contributed by atoms with E-state index in [4.69, 9.17) is 5.73 Å². The summed E-state index contributed by atoms with van der Waals surface area (Å²) < 4.78 is 27.5. The van der Waals surface area contributed by atoms with Gasteiger partial charge >= 0.3 is 0 Å². The Morgan fingerprint density at radius 2 is 1.81 bits per heavy atom. The van der Waals surface area contributed by atoms with Gasteiger partial charge in [-0.15, -0.1) is 0 Å². The zero-order chi connectivity index (χ0) is 15.8. The van der Waals surface area contributed by atoms with Crippen LogP contribution in [-0.4, -0.2) is 49.8 Å². The number of sulfonamides is 1. The Morgan fingerprint density at radius 1 is 1.24 bits per heavy atom. The average molecular weight is 311 g/mol. The van der Waals surface area contributed by atoms with Crippen molar-refractivity contribution < 1.29 is 8.42 Å². The summed E-state index contributed by atoms with van der Waals surface area (Å²) in [6.07, 6.45) is 0. The van der Waals surface area contributed by atoms with Gasteiger partial charge in [0, 0.05) is 31.7 Å². The lowest BCUT2D eigenvalue weighted by molar-refractivity contribution is 0.105. The van der Waals surface area contributed by atoms with Gasteiger partial charge in [-0.25, -0.2) is 8.42 Å². The molecule has 1 aromatic rings. The van der Waals surface area contributed by atoms with E-state index >= 15 is 0 Å². The van der Waals surface area contributed by atoms with E-state index in [1.54, 1.807) is 10.4 Å². The van der Waals surface area contributed by atoms with Crippen LogP contribution in [0.3, 0.4) is 0 Å². The van der Waals surface area contributed by atoms with Gasteiger partial charge in [-0.2, -0.15) is 4.31 Å². The molecule has 0 radical (unpaired) electrons. The molecule has 5 nitrogen and oxygen atoms in total. The first kappa shape index (κ1) is 16.4. The Labute approximate surface area is 127 Å². The molecule has 0 amide bonds. The topological polar surface area (TPSA) is 66.6 Å². The number of likely N-dealkylation sites (N-methyl/N-ethyl adjacent to an activating group) is 1. The van der Waals surface area contributed by atoms with Crippen LogP contribution in [0.5, 0.6) is 0 Å². The molecular weight excluding hydrogens is 286 g/mol. The van der Waals surface area contributed by atoms with Crippen molar-refractivity contribution in [2.75, 3.05) is 20.1 Å². The first-order valence-electron chi connectivity index (χ1n) is 7.29. The second-order valence-corrected chi connectivity index (χ2v) is 7.90. The van der Waals surface area contributed by atoms with Crippen molar-refractivity contribution in [3.05, 3.63) is 29.3 Å². The molecule has 2 atom stereocenters. The van der Waals surface area contributed by atoms with Gasteiger partial charge in [-0.05, 0) is 45.0 Å². The molecule has 0 aromatic heterocycles. The largest absolute Gasteiger partial charge is 0.326 e. The molecule has 0 bridgehead atoms. The lowest BCUT2D eigenvalue weighted by Gasteiger charge is -2.41. The van der Waals surface area contributed by atoms with Crippen molar-refractivity contribution in [3.8, 4) is 0 Å². The highest BCUT2D eigenvalue weighted by molar-refractivity contribution is 7.89. The monoisotopic (exact) mass is 311 g/mol. The molecular formula is C15H25N3O2S. The Bertz CT molecular complexity index is 603. The second-order valence-electron chi connectivity index (χ2n) is 5.99. The predicted molar refractivity (Wildman–Crippen MR) is 84.5 cm³/mol. The van der Waals surface area contributed by atoms with Crippen molar-refractivity contribution in [1.82, 2.24) is 9.21 Å². The van der Waals surface area contributed by atoms with E-state index in [0.717, 1.165) is 11.1 Å². The molecule has 0 aliphatic carbocycles. The fraction of sp³-hybridized carbons (Fsp3) is 0.600. The fourth-order valence-electron chi connectivity index (χ4n) is 2.74. The molecule has 1 heterocycles. The molecule has 118 valence electrons. The standard InChI is InChI=1S/C15H25N3O2S/c1-11-5-6-14(8-16)7-15(11)21(19,20)18-9-12(2)17(4)13(3)10-18/h5-7,12-13H,8-10,16H2,1-4H3. The molecule has 1 saturated heterocycles. The minimum Gasteiger partial charge on any atom is -0.326 e. The number of hydrogen-bond acceptors (Lipinski definition) is 4. The summed E-state index contributed by atoms with van der Waals surface area (Å²) in [6, 6.07) is 5.84. The van der Waals surface area contributed by atoms with Gasteiger partial charge < -0.3 is 5.73 Å². The molecule has 2 unspecified atom stereocenters. The minimum atomic E-state index is -3.46. The number of benzene rings is 1. The molecule has 0 saturated carbocycles. The molecule has 1 aliphatic heterocycles. The van der Waals surface area contributed by atoms with Crippen LogP contribution in [-0.2, 0) is 16.6 Å². The maximum absolute atomic E-state index is 12.9. The van der Waals surface area contributed by atoms with E-state index in [-0.39, 0.29) is 12.1 Å². The Kier molecular flexibility index (Phi) is 4.72. The lowest BCUT2D eigenvalue weighted by atomic mass is 10.1. The van der Waals surface area contributed by atoms with Gasteiger partial charge in [0.15, 0.2) is 0 Å². The van der Waals surface area contributed by atoms with E-state index in [1.165, 1.54) is 0 Å². The molecule has 1 aromatic carbocycles. The van der Waals surface area contributed by atoms with Gasteiger partial charge in [0.05, 0.1) is 4.90 Å². The van der Waals surface area contributed by atoms with Crippen molar-refractivity contribution >= 4 is 10.0 Å². The highest BCUT2D eigenvalue weighted by Crippen LogP contribution is 2.25. The van der Waals surface area contributed by atoms with Gasteiger partial charge in [-0.3, -0.25) is 4.90 Å². The summed E-state index contributed by atoms with van der Waals surface area (Å²) >= 11 is 0. The number of rotatable bonds is 3. The van der Waals surface area contributed by atoms with Crippen molar-refractivity contribution in [2.24, 2.45) is 5.73 Å². The van der Waals surface area contributed by atoms with E-state index in [2.05, 4.69) is 18.7 Å². The molecule has 0 spiro atoms. The Balaban J connectivity index is 2.38. The molecule has 21 heavy (non-hydrogen) atoms. The van der Waals surface area contributed by atoms with Crippen LogP contribution in [0.2, 0.25) is 0 Å². The smallest absolute Gasteiger partial charge is 0.243 e. The summed E-state index contributed by atoms with van der Waals surface area (Å²) in [4.78, 5) is 2.60. The van der Waals surface area contributed by atoms with Crippen molar-refractivity contribution in [3.63, 3.8) is 0 Å². The summed E-state index contributed by atoms with van der Waals surface area (Å²) in [5.74, 6) is 0. The van der Waals surface area contributed by atoms with Crippen LogP contribution in [0.4, 0.5) is 0 Å². The molecule has 1 aliphatic rings. The van der Waals surface area contributed by atoms with Crippen molar-refractivity contribution in [1.29, 1.82) is 0 Å². The van der Waals surface area contributed by atoms with Gasteiger partial charge in [0.1, 0.15) is 0 Å². The fourth-order valence-corrected chi connectivity index (χ4v) is 4.62. The summed E-state index contributed by atoms with van der Waals surface area (Å²) in [7, 11) is -1.42. The van der Waals surface area contributed by atoms with E-state index in [9.17, 15) is 8.42 Å². The highest BCUT2D eigenvalue weighted by Gasteiger charge is 2.35. The van der Waals surface area contributed by atoms with Crippen LogP contribution >= 0.6 is 0 Å². The number of nitrogens with two attached hydrogens (primary N) is 1. The van der Waals surface area contributed by atoms with Gasteiger partial charge in [-0.1, -0.05) is 12.1 Å². The van der Waals surface area contributed by atoms with Crippen LogP contribution in [0.25, 0.3) is 0 Å². The van der Waals surface area contributed by atoms with Crippen LogP contribution in [0.15, 0.2) is 23.1 Å². The van der Waals surface area contributed by atoms with Crippen LogP contribution in [0.1, 0.15) is 25.0 Å². The average Bonchev–Trinajstić information content (AvgIpc) is 2.44. The highest BCUT2D eigenvalue weighted by atomic mass is 32.2. The first-order chi connectivity index (χ1) is 9.77. The normalized spacial score (nSPS) is 25.2. The lowest BCUT2D eigenvalue weighted by Crippen LogP contribution is -2.56. The number of aryl methyl sites for hydroxylation is 1.